The average molecular weight is 287 g/mol. The molecule has 0 amide bonds. The van der Waals surface area contributed by atoms with Crippen LogP contribution in [0.1, 0.15) is 44.4 Å². The predicted molar refractivity (Wildman–Crippen MR) is 78.4 cm³/mol. The summed E-state index contributed by atoms with van der Waals surface area (Å²) in [6.07, 6.45) is 1.22. The van der Waals surface area contributed by atoms with Gasteiger partial charge in [-0.15, -0.1) is 11.6 Å². The summed E-state index contributed by atoms with van der Waals surface area (Å²) >= 11 is 5.58. The number of halogens is 1. The molecule has 0 aliphatic rings. The lowest BCUT2D eigenvalue weighted by atomic mass is 10.0. The van der Waals surface area contributed by atoms with E-state index in [-0.39, 0.29) is 19.8 Å². The van der Waals surface area contributed by atoms with Crippen molar-refractivity contribution in [1.29, 1.82) is 0 Å². The third kappa shape index (κ3) is 6.60. The van der Waals surface area contributed by atoms with E-state index in [1.807, 2.05) is 24.3 Å². The molecule has 1 aromatic rings. The van der Waals surface area contributed by atoms with Gasteiger partial charge in [-0.05, 0) is 30.9 Å². The third-order valence-electron chi connectivity index (χ3n) is 2.63. The quantitative estimate of drug-likeness (QED) is 0.616. The molecule has 1 atom stereocenters. The molecule has 0 bridgehead atoms. The van der Waals surface area contributed by atoms with Gasteiger partial charge in [0.05, 0.1) is 19.1 Å². The molecule has 19 heavy (non-hydrogen) atoms. The van der Waals surface area contributed by atoms with Crippen LogP contribution in [-0.4, -0.2) is 23.6 Å². The number of aliphatic hydroxyl groups excluding tert-OH is 1. The van der Waals surface area contributed by atoms with E-state index in [1.165, 1.54) is 0 Å². The van der Waals surface area contributed by atoms with Crippen LogP contribution >= 0.6 is 11.6 Å². The molecule has 0 aromatic heterocycles. The van der Waals surface area contributed by atoms with Gasteiger partial charge in [0.25, 0.3) is 0 Å². The van der Waals surface area contributed by atoms with Crippen molar-refractivity contribution in [3.05, 3.63) is 35.4 Å². The highest BCUT2D eigenvalue weighted by Gasteiger charge is 2.08. The van der Waals surface area contributed by atoms with Crippen LogP contribution in [0.3, 0.4) is 0 Å². The third-order valence-corrected chi connectivity index (χ3v) is 2.90. The van der Waals surface area contributed by atoms with Gasteiger partial charge in [-0.25, -0.2) is 0 Å². The van der Waals surface area contributed by atoms with Crippen molar-refractivity contribution in [2.24, 2.45) is 0 Å². The van der Waals surface area contributed by atoms with Crippen molar-refractivity contribution >= 4 is 17.6 Å². The van der Waals surface area contributed by atoms with Gasteiger partial charge in [-0.3, -0.25) is 4.79 Å². The minimum absolute atomic E-state index is 0. The first kappa shape index (κ1) is 17.9. The number of benzene rings is 1. The van der Waals surface area contributed by atoms with E-state index >= 15 is 0 Å². The zero-order valence-electron chi connectivity index (χ0n) is 10.6. The van der Waals surface area contributed by atoms with Gasteiger partial charge in [0.1, 0.15) is 0 Å². The molecular formula is C15H23ClO3. The van der Waals surface area contributed by atoms with Gasteiger partial charge >= 0.3 is 5.97 Å². The van der Waals surface area contributed by atoms with Crippen LogP contribution in [0.5, 0.6) is 0 Å². The Morgan fingerprint density at radius 1 is 1.37 bits per heavy atom. The van der Waals surface area contributed by atoms with Gasteiger partial charge in [0.2, 0.25) is 0 Å². The lowest BCUT2D eigenvalue weighted by molar-refractivity contribution is -0.142. The number of aliphatic hydroxyl groups is 1. The van der Waals surface area contributed by atoms with Crippen LogP contribution in [0.15, 0.2) is 24.3 Å². The molecule has 0 saturated heterocycles. The fraction of sp³-hybridized carbons (Fsp3) is 0.533. The first-order chi connectivity index (χ1) is 8.67. The zero-order chi connectivity index (χ0) is 13.4. The van der Waals surface area contributed by atoms with E-state index in [9.17, 15) is 9.90 Å². The summed E-state index contributed by atoms with van der Waals surface area (Å²) in [4.78, 5) is 11.3. The van der Waals surface area contributed by atoms with Gasteiger partial charge < -0.3 is 9.84 Å². The van der Waals surface area contributed by atoms with Crippen molar-refractivity contribution in [1.82, 2.24) is 0 Å². The van der Waals surface area contributed by atoms with E-state index in [0.717, 1.165) is 17.5 Å². The van der Waals surface area contributed by atoms with Crippen LogP contribution in [0.4, 0.5) is 0 Å². The summed E-state index contributed by atoms with van der Waals surface area (Å²) in [5.74, 6) is 0.325. The summed E-state index contributed by atoms with van der Waals surface area (Å²) in [6, 6.07) is 7.37. The highest BCUT2D eigenvalue weighted by Crippen LogP contribution is 2.19. The van der Waals surface area contributed by atoms with Crippen molar-refractivity contribution in [2.45, 2.75) is 39.7 Å². The standard InChI is InChI=1S/C14H19ClO3.CH4/c1-2-18-14(17)10-11-5-7-12(8-6-11)13(16)4-3-9-15;/h5-8,13,16H,2-4,9-10H2,1H3;1H4. The monoisotopic (exact) mass is 286 g/mol. The fourth-order valence-corrected chi connectivity index (χ4v) is 1.83. The van der Waals surface area contributed by atoms with Crippen molar-refractivity contribution in [2.75, 3.05) is 12.5 Å². The molecule has 0 saturated carbocycles. The zero-order valence-corrected chi connectivity index (χ0v) is 11.3. The Morgan fingerprint density at radius 3 is 2.53 bits per heavy atom. The maximum Gasteiger partial charge on any atom is 0.310 e. The normalized spacial score (nSPS) is 11.5. The molecule has 4 heteroatoms. The number of alkyl halides is 1. The molecule has 0 heterocycles. The van der Waals surface area contributed by atoms with Crippen molar-refractivity contribution in [3.63, 3.8) is 0 Å². The Bertz CT molecular complexity index is 362. The lowest BCUT2D eigenvalue weighted by Crippen LogP contribution is -2.07. The van der Waals surface area contributed by atoms with Crippen LogP contribution in [-0.2, 0) is 16.0 Å². The van der Waals surface area contributed by atoms with Gasteiger partial charge in [-0.1, -0.05) is 31.7 Å². The first-order valence-corrected chi connectivity index (χ1v) is 6.69. The largest absolute Gasteiger partial charge is 0.466 e. The molecule has 3 nitrogen and oxygen atoms in total. The van der Waals surface area contributed by atoms with E-state index in [2.05, 4.69) is 0 Å². The topological polar surface area (TPSA) is 46.5 Å². The summed E-state index contributed by atoms with van der Waals surface area (Å²) in [7, 11) is 0. The lowest BCUT2D eigenvalue weighted by Gasteiger charge is -2.10. The average Bonchev–Trinajstić information content (AvgIpc) is 2.37. The SMILES string of the molecule is C.CCOC(=O)Cc1ccc(C(O)CCCCl)cc1. The molecule has 0 aliphatic heterocycles. The smallest absolute Gasteiger partial charge is 0.310 e. The number of hydrogen-bond donors (Lipinski definition) is 1. The maximum absolute atomic E-state index is 11.3. The number of rotatable bonds is 7. The Balaban J connectivity index is 0.00000324. The van der Waals surface area contributed by atoms with Gasteiger partial charge in [0, 0.05) is 5.88 Å². The van der Waals surface area contributed by atoms with E-state index in [4.69, 9.17) is 16.3 Å². The van der Waals surface area contributed by atoms with Gasteiger partial charge in [-0.2, -0.15) is 0 Å². The molecule has 1 unspecified atom stereocenters. The molecule has 1 N–H and O–H groups in total. The molecule has 1 aromatic carbocycles. The minimum Gasteiger partial charge on any atom is -0.466 e. The first-order valence-electron chi connectivity index (χ1n) is 6.15. The molecule has 0 fully saturated rings. The Hall–Kier alpha value is -1.06. The fourth-order valence-electron chi connectivity index (χ4n) is 1.67. The summed E-state index contributed by atoms with van der Waals surface area (Å²) < 4.78 is 4.87. The van der Waals surface area contributed by atoms with E-state index < -0.39 is 6.10 Å². The second-order valence-electron chi connectivity index (χ2n) is 4.07. The Morgan fingerprint density at radius 2 is 2.00 bits per heavy atom. The van der Waals surface area contributed by atoms with E-state index in [1.54, 1.807) is 6.92 Å². The molecule has 1 rings (SSSR count). The molecule has 108 valence electrons. The van der Waals surface area contributed by atoms with E-state index in [0.29, 0.717) is 18.9 Å². The maximum atomic E-state index is 11.3. The molecule has 0 radical (unpaired) electrons. The van der Waals surface area contributed by atoms with Crippen LogP contribution in [0.25, 0.3) is 0 Å². The van der Waals surface area contributed by atoms with Crippen molar-refractivity contribution < 1.29 is 14.6 Å². The minimum atomic E-state index is -0.486. The Kier molecular flexibility index (Phi) is 9.27. The number of ether oxygens (including phenoxy) is 1. The number of carbonyl (C=O) groups is 1. The molecule has 0 spiro atoms. The second kappa shape index (κ2) is 9.82. The number of carbonyl (C=O) groups excluding carboxylic acids is 1. The molecular weight excluding hydrogens is 264 g/mol. The number of hydrogen-bond acceptors (Lipinski definition) is 3. The predicted octanol–water partition coefficient (Wildman–Crippen LogP) is 3.48. The van der Waals surface area contributed by atoms with Crippen LogP contribution in [0, 0.1) is 0 Å². The van der Waals surface area contributed by atoms with Gasteiger partial charge in [0.15, 0.2) is 0 Å². The summed E-state index contributed by atoms with van der Waals surface area (Å²) in [6.45, 7) is 2.18. The highest BCUT2D eigenvalue weighted by atomic mass is 35.5. The summed E-state index contributed by atoms with van der Waals surface area (Å²) in [5.41, 5.74) is 1.74. The Labute approximate surface area is 120 Å². The van der Waals surface area contributed by atoms with Crippen LogP contribution in [0.2, 0.25) is 0 Å². The summed E-state index contributed by atoms with van der Waals surface area (Å²) in [5, 5.41) is 9.86. The molecule has 0 aliphatic carbocycles. The number of esters is 1. The highest BCUT2D eigenvalue weighted by molar-refractivity contribution is 6.17. The van der Waals surface area contributed by atoms with Crippen LogP contribution < -0.4 is 0 Å². The second-order valence-corrected chi connectivity index (χ2v) is 4.45. The van der Waals surface area contributed by atoms with Crippen molar-refractivity contribution in [3.8, 4) is 0 Å².